The molecule has 1 aromatic heterocycles. The van der Waals surface area contributed by atoms with Crippen LogP contribution in [-0.4, -0.2) is 26.2 Å². The Balaban J connectivity index is 2.11. The molecule has 2 aromatic rings. The van der Waals surface area contributed by atoms with Crippen molar-refractivity contribution in [3.05, 3.63) is 52.8 Å². The average molecular weight is 381 g/mol. The summed E-state index contributed by atoms with van der Waals surface area (Å²) in [4.78, 5) is 6.97. The molecular formula is C16H17BrN2O2S. The second kappa shape index (κ2) is 6.01. The summed E-state index contributed by atoms with van der Waals surface area (Å²) in [7, 11) is -3.29. The molecule has 4 nitrogen and oxygen atoms in total. The molecule has 1 aromatic carbocycles. The molecule has 3 rings (SSSR count). The highest BCUT2D eigenvalue weighted by Gasteiger charge is 2.31. The summed E-state index contributed by atoms with van der Waals surface area (Å²) in [5, 5.41) is 0. The highest BCUT2D eigenvalue weighted by atomic mass is 79.9. The fraction of sp³-hybridized carbons (Fsp3) is 0.312. The molecule has 0 N–H and O–H groups in total. The van der Waals surface area contributed by atoms with Gasteiger partial charge >= 0.3 is 0 Å². The van der Waals surface area contributed by atoms with Crippen LogP contribution in [0.2, 0.25) is 0 Å². The SMILES string of the molecule is CS(=O)(=O)c1cccc(Br)c1N1CCCC1c1ccccn1. The standard InChI is InChI=1S/C16H17BrN2O2S/c1-22(20,21)15-9-4-6-12(17)16(15)19-11-5-8-14(19)13-7-2-3-10-18-13/h2-4,6-7,9-10,14H,5,8,11H2,1H3. The predicted molar refractivity (Wildman–Crippen MR) is 90.8 cm³/mol. The van der Waals surface area contributed by atoms with E-state index in [4.69, 9.17) is 0 Å². The largest absolute Gasteiger partial charge is 0.361 e. The first kappa shape index (κ1) is 15.5. The van der Waals surface area contributed by atoms with Crippen molar-refractivity contribution in [2.24, 2.45) is 0 Å². The van der Waals surface area contributed by atoms with E-state index in [2.05, 4.69) is 25.8 Å². The van der Waals surface area contributed by atoms with Gasteiger partial charge < -0.3 is 4.90 Å². The molecule has 0 amide bonds. The Hall–Kier alpha value is -1.40. The molecule has 0 radical (unpaired) electrons. The third-order valence-corrected chi connectivity index (χ3v) is 5.69. The molecule has 1 aliphatic heterocycles. The molecule has 1 aliphatic rings. The van der Waals surface area contributed by atoms with Gasteiger partial charge in [-0.3, -0.25) is 4.98 Å². The van der Waals surface area contributed by atoms with Gasteiger partial charge in [0.25, 0.3) is 0 Å². The van der Waals surface area contributed by atoms with Crippen LogP contribution in [0.15, 0.2) is 52.0 Å². The van der Waals surface area contributed by atoms with Gasteiger partial charge in [0.15, 0.2) is 9.84 Å². The van der Waals surface area contributed by atoms with Crippen molar-refractivity contribution in [3.8, 4) is 0 Å². The number of hydrogen-bond acceptors (Lipinski definition) is 4. The lowest BCUT2D eigenvalue weighted by molar-refractivity contribution is 0.600. The first-order valence-electron chi connectivity index (χ1n) is 7.14. The zero-order chi connectivity index (χ0) is 15.7. The lowest BCUT2D eigenvalue weighted by Crippen LogP contribution is -2.25. The van der Waals surface area contributed by atoms with Crippen molar-refractivity contribution >= 4 is 31.5 Å². The molecule has 0 bridgehead atoms. The molecule has 0 aliphatic carbocycles. The third-order valence-electron chi connectivity index (χ3n) is 3.92. The van der Waals surface area contributed by atoms with Crippen LogP contribution in [0.3, 0.4) is 0 Å². The van der Waals surface area contributed by atoms with E-state index in [-0.39, 0.29) is 6.04 Å². The van der Waals surface area contributed by atoms with Crippen molar-refractivity contribution < 1.29 is 8.42 Å². The maximum Gasteiger partial charge on any atom is 0.177 e. The van der Waals surface area contributed by atoms with Crippen LogP contribution in [0, 0.1) is 0 Å². The summed E-state index contributed by atoms with van der Waals surface area (Å²) in [6.45, 7) is 0.826. The van der Waals surface area contributed by atoms with E-state index in [1.807, 2.05) is 24.3 Å². The fourth-order valence-electron chi connectivity index (χ4n) is 2.99. The number of para-hydroxylation sites is 1. The maximum absolute atomic E-state index is 12.1. The van der Waals surface area contributed by atoms with E-state index >= 15 is 0 Å². The Kier molecular flexibility index (Phi) is 4.23. The van der Waals surface area contributed by atoms with Gasteiger partial charge in [0.2, 0.25) is 0 Å². The van der Waals surface area contributed by atoms with Gasteiger partial charge in [0.05, 0.1) is 22.3 Å². The Morgan fingerprint density at radius 2 is 2.05 bits per heavy atom. The van der Waals surface area contributed by atoms with Gasteiger partial charge in [-0.05, 0) is 53.0 Å². The molecule has 116 valence electrons. The van der Waals surface area contributed by atoms with Crippen LogP contribution in [-0.2, 0) is 9.84 Å². The minimum atomic E-state index is -3.29. The molecule has 2 heterocycles. The minimum absolute atomic E-state index is 0.111. The first-order valence-corrected chi connectivity index (χ1v) is 9.83. The number of nitrogens with zero attached hydrogens (tertiary/aromatic N) is 2. The quantitative estimate of drug-likeness (QED) is 0.816. The summed E-state index contributed by atoms with van der Waals surface area (Å²) < 4.78 is 25.1. The third kappa shape index (κ3) is 2.90. The molecule has 6 heteroatoms. The number of pyridine rings is 1. The van der Waals surface area contributed by atoms with Gasteiger partial charge in [-0.15, -0.1) is 0 Å². The Morgan fingerprint density at radius 1 is 1.23 bits per heavy atom. The number of hydrogen-bond donors (Lipinski definition) is 0. The second-order valence-electron chi connectivity index (χ2n) is 5.46. The fourth-order valence-corrected chi connectivity index (χ4v) is 4.62. The number of anilines is 1. The van der Waals surface area contributed by atoms with Crippen molar-refractivity contribution in [1.82, 2.24) is 4.98 Å². The number of aromatic nitrogens is 1. The van der Waals surface area contributed by atoms with E-state index in [1.54, 1.807) is 18.3 Å². The number of halogens is 1. The molecule has 1 saturated heterocycles. The summed E-state index contributed by atoms with van der Waals surface area (Å²) in [5.74, 6) is 0. The summed E-state index contributed by atoms with van der Waals surface area (Å²) in [5.41, 5.74) is 1.73. The highest BCUT2D eigenvalue weighted by Crippen LogP contribution is 2.42. The lowest BCUT2D eigenvalue weighted by atomic mass is 10.1. The number of benzene rings is 1. The zero-order valence-electron chi connectivity index (χ0n) is 12.2. The van der Waals surface area contributed by atoms with Crippen LogP contribution in [0.5, 0.6) is 0 Å². The molecule has 1 fully saturated rings. The minimum Gasteiger partial charge on any atom is -0.361 e. The molecule has 1 unspecified atom stereocenters. The monoisotopic (exact) mass is 380 g/mol. The molecule has 0 saturated carbocycles. The van der Waals surface area contributed by atoms with Crippen LogP contribution < -0.4 is 4.90 Å². The van der Waals surface area contributed by atoms with Crippen LogP contribution in [0.4, 0.5) is 5.69 Å². The Labute approximate surface area is 139 Å². The summed E-state index contributed by atoms with van der Waals surface area (Å²) >= 11 is 3.52. The average Bonchev–Trinajstić information content (AvgIpc) is 2.96. The van der Waals surface area contributed by atoms with Crippen LogP contribution in [0.25, 0.3) is 0 Å². The smallest absolute Gasteiger partial charge is 0.177 e. The number of sulfone groups is 1. The van der Waals surface area contributed by atoms with Gasteiger partial charge in [-0.25, -0.2) is 8.42 Å². The van der Waals surface area contributed by atoms with E-state index in [1.165, 1.54) is 6.26 Å². The van der Waals surface area contributed by atoms with Crippen molar-refractivity contribution in [3.63, 3.8) is 0 Å². The van der Waals surface area contributed by atoms with Gasteiger partial charge in [-0.2, -0.15) is 0 Å². The Morgan fingerprint density at radius 3 is 2.73 bits per heavy atom. The van der Waals surface area contributed by atoms with E-state index in [9.17, 15) is 8.42 Å². The highest BCUT2D eigenvalue weighted by molar-refractivity contribution is 9.10. The van der Waals surface area contributed by atoms with Crippen molar-refractivity contribution in [1.29, 1.82) is 0 Å². The van der Waals surface area contributed by atoms with E-state index in [0.717, 1.165) is 35.2 Å². The van der Waals surface area contributed by atoms with Crippen molar-refractivity contribution in [2.75, 3.05) is 17.7 Å². The van der Waals surface area contributed by atoms with Crippen LogP contribution >= 0.6 is 15.9 Å². The van der Waals surface area contributed by atoms with Crippen LogP contribution in [0.1, 0.15) is 24.6 Å². The Bertz CT molecular complexity index is 778. The molecule has 1 atom stereocenters. The van der Waals surface area contributed by atoms with E-state index in [0.29, 0.717) is 4.90 Å². The first-order chi connectivity index (χ1) is 10.5. The second-order valence-corrected chi connectivity index (χ2v) is 8.30. The predicted octanol–water partition coefficient (Wildman–Crippen LogP) is 3.59. The summed E-state index contributed by atoms with van der Waals surface area (Å²) in [6.07, 6.45) is 5.03. The van der Waals surface area contributed by atoms with Gasteiger partial charge in [-0.1, -0.05) is 12.1 Å². The zero-order valence-corrected chi connectivity index (χ0v) is 14.6. The topological polar surface area (TPSA) is 50.3 Å². The normalized spacial score (nSPS) is 18.6. The number of rotatable bonds is 3. The molecule has 22 heavy (non-hydrogen) atoms. The molecule has 0 spiro atoms. The van der Waals surface area contributed by atoms with Gasteiger partial charge in [0.1, 0.15) is 0 Å². The lowest BCUT2D eigenvalue weighted by Gasteiger charge is -2.29. The summed E-state index contributed by atoms with van der Waals surface area (Å²) in [6, 6.07) is 11.3. The van der Waals surface area contributed by atoms with E-state index < -0.39 is 9.84 Å². The van der Waals surface area contributed by atoms with Gasteiger partial charge in [0, 0.05) is 23.5 Å². The molecular weight excluding hydrogens is 364 g/mol. The van der Waals surface area contributed by atoms with Crippen molar-refractivity contribution in [2.45, 2.75) is 23.8 Å². The maximum atomic E-state index is 12.1.